The van der Waals surface area contributed by atoms with Crippen LogP contribution < -0.4 is 0 Å². The second kappa shape index (κ2) is 14.8. The van der Waals surface area contributed by atoms with E-state index >= 15 is 0 Å². The minimum atomic E-state index is -0.513. The number of carbonyl (C=O) groups excluding carboxylic acids is 3. The van der Waals surface area contributed by atoms with Crippen LogP contribution in [0.5, 0.6) is 0 Å². The minimum absolute atomic E-state index is 0.0973. The van der Waals surface area contributed by atoms with Crippen LogP contribution in [-0.2, 0) is 28.6 Å². The first-order chi connectivity index (χ1) is 9.49. The molecule has 0 aliphatic heterocycles. The zero-order valence-corrected chi connectivity index (χ0v) is 11.7. The van der Waals surface area contributed by atoms with Crippen LogP contribution in [0, 0.1) is 0 Å². The van der Waals surface area contributed by atoms with E-state index in [0.29, 0.717) is 18.8 Å². The molecular formula is C13H19NO6. The van der Waals surface area contributed by atoms with E-state index in [9.17, 15) is 14.4 Å². The molecule has 0 saturated heterocycles. The molecule has 0 amide bonds. The van der Waals surface area contributed by atoms with Crippen LogP contribution in [0.3, 0.4) is 0 Å². The minimum Gasteiger partial charge on any atom is -0.461 e. The monoisotopic (exact) mass is 285 g/mol. The van der Waals surface area contributed by atoms with Gasteiger partial charge in [0.05, 0.1) is 13.2 Å². The molecule has 0 rings (SSSR count). The summed E-state index contributed by atoms with van der Waals surface area (Å²) in [7, 11) is 1.55. The molecule has 0 aromatic heterocycles. The van der Waals surface area contributed by atoms with Crippen LogP contribution in [0.4, 0.5) is 0 Å². The van der Waals surface area contributed by atoms with Crippen LogP contribution in [0.2, 0.25) is 0 Å². The maximum Gasteiger partial charge on any atom is 0.333 e. The van der Waals surface area contributed by atoms with Gasteiger partial charge in [-0.1, -0.05) is 13.2 Å². The third-order valence-corrected chi connectivity index (χ3v) is 1.55. The van der Waals surface area contributed by atoms with Crippen molar-refractivity contribution in [3.63, 3.8) is 0 Å². The average Bonchev–Trinajstić information content (AvgIpc) is 2.44. The molecule has 112 valence electrons. The van der Waals surface area contributed by atoms with E-state index in [1.54, 1.807) is 14.0 Å². The first-order valence-electron chi connectivity index (χ1n) is 5.64. The molecule has 0 spiro atoms. The van der Waals surface area contributed by atoms with E-state index in [1.807, 2.05) is 0 Å². The molecule has 0 aliphatic rings. The zero-order valence-electron chi connectivity index (χ0n) is 11.7. The van der Waals surface area contributed by atoms with Crippen molar-refractivity contribution in [1.82, 2.24) is 0 Å². The molecule has 0 aromatic carbocycles. The molecule has 0 fully saturated rings. The molecule has 0 atom stereocenters. The lowest BCUT2D eigenvalue weighted by molar-refractivity contribution is -0.140. The summed E-state index contributed by atoms with van der Waals surface area (Å²) in [5.74, 6) is -0.877. The third-order valence-electron chi connectivity index (χ3n) is 1.55. The van der Waals surface area contributed by atoms with E-state index in [1.165, 1.54) is 6.08 Å². The fourth-order valence-electron chi connectivity index (χ4n) is 0.637. The fourth-order valence-corrected chi connectivity index (χ4v) is 0.637. The fraction of sp³-hybridized carbons (Fsp3) is 0.462. The normalized spacial score (nSPS) is 8.30. The number of hydrogen-bond acceptors (Lipinski definition) is 7. The molecule has 0 aliphatic carbocycles. The van der Waals surface area contributed by atoms with Crippen LogP contribution in [-0.4, -0.2) is 51.5 Å². The number of methoxy groups -OCH3 is 1. The Morgan fingerprint density at radius 2 is 1.90 bits per heavy atom. The third kappa shape index (κ3) is 15.8. The van der Waals surface area contributed by atoms with Crippen molar-refractivity contribution in [1.29, 1.82) is 0 Å². The van der Waals surface area contributed by atoms with E-state index in [4.69, 9.17) is 0 Å². The van der Waals surface area contributed by atoms with Crippen LogP contribution in [0.1, 0.15) is 6.92 Å². The first-order valence-corrected chi connectivity index (χ1v) is 5.64. The van der Waals surface area contributed by atoms with Gasteiger partial charge in [-0.25, -0.2) is 19.4 Å². The molecule has 0 heterocycles. The molecular weight excluding hydrogens is 266 g/mol. The Morgan fingerprint density at radius 1 is 1.25 bits per heavy atom. The largest absolute Gasteiger partial charge is 0.461 e. The van der Waals surface area contributed by atoms with Crippen molar-refractivity contribution in [2.75, 3.05) is 33.5 Å². The predicted octanol–water partition coefficient (Wildman–Crippen LogP) is 0.803. The van der Waals surface area contributed by atoms with E-state index in [-0.39, 0.29) is 19.1 Å². The van der Waals surface area contributed by atoms with Crippen molar-refractivity contribution < 1.29 is 28.6 Å². The Balaban J connectivity index is 0. The number of esters is 2. The Bertz CT molecular complexity index is 371. The molecule has 0 N–H and O–H groups in total. The first kappa shape index (κ1) is 20.1. The van der Waals surface area contributed by atoms with Gasteiger partial charge in [0.1, 0.15) is 13.2 Å². The summed E-state index contributed by atoms with van der Waals surface area (Å²) < 4.78 is 13.8. The van der Waals surface area contributed by atoms with Gasteiger partial charge in [0.2, 0.25) is 6.08 Å². The lowest BCUT2D eigenvalue weighted by atomic mass is 10.4. The van der Waals surface area contributed by atoms with Gasteiger partial charge in [-0.05, 0) is 6.92 Å². The molecule has 0 saturated carbocycles. The van der Waals surface area contributed by atoms with Gasteiger partial charge in [0.25, 0.3) is 0 Å². The highest BCUT2D eigenvalue weighted by Gasteiger charge is 2.00. The van der Waals surface area contributed by atoms with Gasteiger partial charge >= 0.3 is 11.9 Å². The Labute approximate surface area is 117 Å². The van der Waals surface area contributed by atoms with E-state index in [2.05, 4.69) is 32.4 Å². The molecule has 7 nitrogen and oxygen atoms in total. The standard InChI is InChI=1S/C7H12O3.C6H7NO3/c1-6(2)7(8)10-5-4-9-3;1-2-6(9)10-4-3-7-5-8/h1,4-5H2,2-3H3;2H,1,3-4H2. The summed E-state index contributed by atoms with van der Waals surface area (Å²) in [6.45, 7) is 9.18. The highest BCUT2D eigenvalue weighted by atomic mass is 16.6. The van der Waals surface area contributed by atoms with Gasteiger partial charge < -0.3 is 14.2 Å². The molecule has 0 unspecified atom stereocenters. The predicted molar refractivity (Wildman–Crippen MR) is 71.8 cm³/mol. The van der Waals surface area contributed by atoms with Gasteiger partial charge in [0.15, 0.2) is 0 Å². The van der Waals surface area contributed by atoms with Crippen molar-refractivity contribution in [2.45, 2.75) is 6.92 Å². The molecule has 0 radical (unpaired) electrons. The summed E-state index contributed by atoms with van der Waals surface area (Å²) in [6, 6.07) is 0. The van der Waals surface area contributed by atoms with Gasteiger partial charge in [-0.2, -0.15) is 0 Å². The average molecular weight is 285 g/mol. The van der Waals surface area contributed by atoms with Crippen LogP contribution in [0.25, 0.3) is 0 Å². The van der Waals surface area contributed by atoms with Crippen molar-refractivity contribution in [3.05, 3.63) is 24.8 Å². The second-order valence-electron chi connectivity index (χ2n) is 3.25. The Morgan fingerprint density at radius 3 is 2.35 bits per heavy atom. The van der Waals surface area contributed by atoms with Crippen molar-refractivity contribution in [2.24, 2.45) is 4.99 Å². The quantitative estimate of drug-likeness (QED) is 0.215. The topological polar surface area (TPSA) is 91.3 Å². The maximum atomic E-state index is 10.6. The van der Waals surface area contributed by atoms with Crippen molar-refractivity contribution >= 4 is 18.0 Å². The summed E-state index contributed by atoms with van der Waals surface area (Å²) in [4.78, 5) is 33.6. The van der Waals surface area contributed by atoms with E-state index < -0.39 is 5.97 Å². The van der Waals surface area contributed by atoms with Crippen LogP contribution in [0.15, 0.2) is 29.8 Å². The van der Waals surface area contributed by atoms with Gasteiger partial charge in [0, 0.05) is 18.8 Å². The number of ether oxygens (including phenoxy) is 3. The number of nitrogens with zero attached hydrogens (tertiary/aromatic N) is 1. The summed E-state index contributed by atoms with van der Waals surface area (Å²) in [5.41, 5.74) is 0.413. The number of hydrogen-bond donors (Lipinski definition) is 0. The summed E-state index contributed by atoms with van der Waals surface area (Å²) in [5, 5.41) is 0. The molecule has 7 heteroatoms. The smallest absolute Gasteiger partial charge is 0.333 e. The Kier molecular flexibility index (Phi) is 14.9. The SMILES string of the molecule is C=C(C)C(=O)OCCOC.C=CC(=O)OCCN=C=O. The number of rotatable bonds is 8. The van der Waals surface area contributed by atoms with Gasteiger partial charge in [-0.3, -0.25) is 0 Å². The Hall–Kier alpha value is -2.24. The summed E-state index contributed by atoms with van der Waals surface area (Å²) in [6.07, 6.45) is 2.36. The van der Waals surface area contributed by atoms with Gasteiger partial charge in [-0.15, -0.1) is 0 Å². The highest BCUT2D eigenvalue weighted by molar-refractivity contribution is 5.86. The lowest BCUT2D eigenvalue weighted by Crippen LogP contribution is -2.09. The highest BCUT2D eigenvalue weighted by Crippen LogP contribution is 1.90. The summed E-state index contributed by atoms with van der Waals surface area (Å²) >= 11 is 0. The molecule has 0 bridgehead atoms. The second-order valence-corrected chi connectivity index (χ2v) is 3.25. The number of isocyanates is 1. The maximum absolute atomic E-state index is 10.6. The lowest BCUT2D eigenvalue weighted by Gasteiger charge is -2.01. The van der Waals surface area contributed by atoms with Crippen molar-refractivity contribution in [3.8, 4) is 0 Å². The van der Waals surface area contributed by atoms with E-state index in [0.717, 1.165) is 6.08 Å². The molecule has 20 heavy (non-hydrogen) atoms. The zero-order chi connectivity index (χ0) is 15.8. The number of aliphatic imine (C=N–C) groups is 1. The molecule has 0 aromatic rings. The van der Waals surface area contributed by atoms with Crippen LogP contribution >= 0.6 is 0 Å². The number of carbonyl (C=O) groups is 2.